The second kappa shape index (κ2) is 5.75. The van der Waals surface area contributed by atoms with Gasteiger partial charge in [0, 0.05) is 23.1 Å². The second-order valence-corrected chi connectivity index (χ2v) is 4.54. The topological polar surface area (TPSA) is 52.1 Å². The number of carbonyl (C=O) groups is 1. The van der Waals surface area contributed by atoms with Crippen LogP contribution in [0.15, 0.2) is 24.4 Å². The zero-order valence-corrected chi connectivity index (χ0v) is 10.4. The largest absolute Gasteiger partial charge is 0.468 e. The van der Waals surface area contributed by atoms with Gasteiger partial charge in [-0.25, -0.2) is 4.98 Å². The first-order valence-electron chi connectivity index (χ1n) is 4.92. The molecule has 0 fully saturated rings. The Labute approximate surface area is 107 Å². The van der Waals surface area contributed by atoms with E-state index in [9.17, 15) is 4.79 Å². The van der Waals surface area contributed by atoms with Gasteiger partial charge >= 0.3 is 0 Å². The van der Waals surface area contributed by atoms with Crippen molar-refractivity contribution in [3.05, 3.63) is 34.4 Å². The third kappa shape index (κ3) is 3.25. The molecule has 2 aromatic heterocycles. The van der Waals surface area contributed by atoms with Crippen molar-refractivity contribution in [2.75, 3.05) is 6.61 Å². The smallest absolute Gasteiger partial charge is 0.293 e. The van der Waals surface area contributed by atoms with Crippen LogP contribution < -0.4 is 0 Å². The Kier molecular flexibility index (Phi) is 4.06. The van der Waals surface area contributed by atoms with Gasteiger partial charge < -0.3 is 4.74 Å². The monoisotopic (exact) mass is 268 g/mol. The predicted molar refractivity (Wildman–Crippen MR) is 66.1 cm³/mol. The van der Waals surface area contributed by atoms with Gasteiger partial charge in [0.2, 0.25) is 0 Å². The fraction of sp³-hybridized carbons (Fsp3) is 0.182. The van der Waals surface area contributed by atoms with E-state index in [-0.39, 0.29) is 0 Å². The van der Waals surface area contributed by atoms with Crippen molar-refractivity contribution in [3.63, 3.8) is 0 Å². The second-order valence-electron chi connectivity index (χ2n) is 3.27. The Bertz CT molecular complexity index is 498. The average Bonchev–Trinajstić information content (AvgIpc) is 2.79. The molecular formula is C11H9ClN2O2S. The quantitative estimate of drug-likeness (QED) is 0.475. The molecule has 6 heteroatoms. The Morgan fingerprint density at radius 2 is 2.35 bits per heavy atom. The number of halogens is 1. The van der Waals surface area contributed by atoms with Crippen LogP contribution in [-0.4, -0.2) is 22.4 Å². The fourth-order valence-electron chi connectivity index (χ4n) is 1.30. The number of hydrogen-bond donors (Lipinski definition) is 0. The minimum Gasteiger partial charge on any atom is -0.468 e. The van der Waals surface area contributed by atoms with Crippen LogP contribution in [0.3, 0.4) is 0 Å². The summed E-state index contributed by atoms with van der Waals surface area (Å²) < 4.78 is 8.95. The number of nitrogens with zero attached hydrogens (tertiary/aromatic N) is 2. The zero-order chi connectivity index (χ0) is 12.1. The van der Waals surface area contributed by atoms with Crippen LogP contribution in [-0.2, 0) is 16.0 Å². The molecule has 0 amide bonds. The Balaban J connectivity index is 2.07. The van der Waals surface area contributed by atoms with Gasteiger partial charge in [0.1, 0.15) is 5.15 Å². The third-order valence-corrected chi connectivity index (χ3v) is 3.18. The lowest BCUT2D eigenvalue weighted by molar-refractivity contribution is -0.128. The van der Waals surface area contributed by atoms with E-state index in [1.54, 1.807) is 12.3 Å². The molecule has 0 spiro atoms. The number of pyridine rings is 1. The minimum atomic E-state index is 0.379. The van der Waals surface area contributed by atoms with Gasteiger partial charge in [-0.2, -0.15) is 4.37 Å². The maximum atomic E-state index is 10.00. The summed E-state index contributed by atoms with van der Waals surface area (Å²) in [5.74, 6) is 0. The first kappa shape index (κ1) is 12.0. The van der Waals surface area contributed by atoms with Gasteiger partial charge in [0.05, 0.1) is 12.3 Å². The van der Waals surface area contributed by atoms with Crippen molar-refractivity contribution in [2.45, 2.75) is 6.42 Å². The molecule has 0 atom stereocenters. The molecule has 17 heavy (non-hydrogen) atoms. The van der Waals surface area contributed by atoms with Crippen molar-refractivity contribution >= 4 is 29.6 Å². The van der Waals surface area contributed by atoms with Gasteiger partial charge in [0.25, 0.3) is 6.47 Å². The van der Waals surface area contributed by atoms with Gasteiger partial charge in [0.15, 0.2) is 0 Å². The summed E-state index contributed by atoms with van der Waals surface area (Å²) in [6.45, 7) is 0.828. The maximum Gasteiger partial charge on any atom is 0.293 e. The van der Waals surface area contributed by atoms with Gasteiger partial charge in [-0.15, -0.1) is 0 Å². The van der Waals surface area contributed by atoms with Gasteiger partial charge in [-0.05, 0) is 29.7 Å². The molecule has 2 aromatic rings. The van der Waals surface area contributed by atoms with Crippen molar-refractivity contribution in [1.29, 1.82) is 0 Å². The summed E-state index contributed by atoms with van der Waals surface area (Å²) in [6, 6.07) is 5.56. The van der Waals surface area contributed by atoms with Crippen LogP contribution >= 0.6 is 23.1 Å². The molecule has 2 rings (SSSR count). The van der Waals surface area contributed by atoms with Gasteiger partial charge in [-0.3, -0.25) is 4.79 Å². The van der Waals surface area contributed by atoms with Crippen LogP contribution in [0.25, 0.3) is 11.3 Å². The SMILES string of the molecule is O=COCCc1cc(-c2ccc(Cl)nc2)ns1. The van der Waals surface area contributed by atoms with E-state index in [1.807, 2.05) is 12.1 Å². The van der Waals surface area contributed by atoms with Crippen LogP contribution in [0.4, 0.5) is 0 Å². The number of hydrogen-bond acceptors (Lipinski definition) is 5. The number of rotatable bonds is 5. The molecule has 0 radical (unpaired) electrons. The van der Waals surface area contributed by atoms with E-state index in [0.717, 1.165) is 16.1 Å². The highest BCUT2D eigenvalue weighted by Crippen LogP contribution is 2.22. The average molecular weight is 269 g/mol. The van der Waals surface area contributed by atoms with E-state index in [0.29, 0.717) is 24.7 Å². The third-order valence-electron chi connectivity index (χ3n) is 2.12. The van der Waals surface area contributed by atoms with Crippen molar-refractivity contribution < 1.29 is 9.53 Å². The lowest BCUT2D eigenvalue weighted by Crippen LogP contribution is -1.93. The molecule has 0 N–H and O–H groups in total. The van der Waals surface area contributed by atoms with Crippen LogP contribution in [0, 0.1) is 0 Å². The highest BCUT2D eigenvalue weighted by molar-refractivity contribution is 7.06. The Hall–Kier alpha value is -1.46. The summed E-state index contributed by atoms with van der Waals surface area (Å²) in [4.78, 5) is 15.1. The van der Waals surface area contributed by atoms with Crippen LogP contribution in [0.5, 0.6) is 0 Å². The summed E-state index contributed by atoms with van der Waals surface area (Å²) in [6.07, 6.45) is 2.36. The van der Waals surface area contributed by atoms with Crippen LogP contribution in [0.1, 0.15) is 4.88 Å². The molecule has 88 valence electrons. The van der Waals surface area contributed by atoms with E-state index < -0.39 is 0 Å². The van der Waals surface area contributed by atoms with E-state index in [4.69, 9.17) is 11.6 Å². The normalized spacial score (nSPS) is 10.2. The molecule has 0 bridgehead atoms. The highest BCUT2D eigenvalue weighted by atomic mass is 35.5. The summed E-state index contributed by atoms with van der Waals surface area (Å²) in [7, 11) is 0. The molecule has 0 unspecified atom stereocenters. The highest BCUT2D eigenvalue weighted by Gasteiger charge is 2.05. The van der Waals surface area contributed by atoms with E-state index in [1.165, 1.54) is 11.5 Å². The Morgan fingerprint density at radius 3 is 3.06 bits per heavy atom. The fourth-order valence-corrected chi connectivity index (χ4v) is 2.13. The molecule has 0 aliphatic rings. The molecule has 0 aromatic carbocycles. The lowest BCUT2D eigenvalue weighted by Gasteiger charge is -1.95. The molecule has 0 aliphatic heterocycles. The number of carbonyl (C=O) groups excluding carboxylic acids is 1. The standard InChI is InChI=1S/C11H9ClN2O2S/c12-11-2-1-8(6-13-11)10-5-9(17-14-10)3-4-16-7-15/h1-2,5-7H,3-4H2. The van der Waals surface area contributed by atoms with Crippen LogP contribution in [0.2, 0.25) is 5.15 Å². The van der Waals surface area contributed by atoms with E-state index >= 15 is 0 Å². The zero-order valence-electron chi connectivity index (χ0n) is 8.80. The van der Waals surface area contributed by atoms with Crippen molar-refractivity contribution in [1.82, 2.24) is 9.36 Å². The molecular weight excluding hydrogens is 260 g/mol. The first-order chi connectivity index (χ1) is 8.29. The molecule has 4 nitrogen and oxygen atoms in total. The Morgan fingerprint density at radius 1 is 1.47 bits per heavy atom. The summed E-state index contributed by atoms with van der Waals surface area (Å²) in [5, 5.41) is 0.462. The molecule has 0 aliphatic carbocycles. The maximum absolute atomic E-state index is 10.00. The molecule has 2 heterocycles. The number of ether oxygens (including phenoxy) is 1. The number of aromatic nitrogens is 2. The summed E-state index contributed by atoms with van der Waals surface area (Å²) in [5.41, 5.74) is 1.79. The first-order valence-corrected chi connectivity index (χ1v) is 6.07. The van der Waals surface area contributed by atoms with E-state index in [2.05, 4.69) is 14.1 Å². The molecule has 0 saturated heterocycles. The minimum absolute atomic E-state index is 0.379. The van der Waals surface area contributed by atoms with Crippen molar-refractivity contribution in [2.24, 2.45) is 0 Å². The van der Waals surface area contributed by atoms with Crippen molar-refractivity contribution in [3.8, 4) is 11.3 Å². The predicted octanol–water partition coefficient (Wildman–Crippen LogP) is 2.57. The van der Waals surface area contributed by atoms with Gasteiger partial charge in [-0.1, -0.05) is 11.6 Å². The summed E-state index contributed by atoms with van der Waals surface area (Å²) >= 11 is 7.10. The lowest BCUT2D eigenvalue weighted by atomic mass is 10.2. The molecule has 0 saturated carbocycles.